The van der Waals surface area contributed by atoms with Crippen LogP contribution in [0.5, 0.6) is 17.2 Å². The predicted octanol–water partition coefficient (Wildman–Crippen LogP) is 4.10. The lowest BCUT2D eigenvalue weighted by atomic mass is 10.0. The van der Waals surface area contributed by atoms with Crippen molar-refractivity contribution in [3.8, 4) is 17.2 Å². The van der Waals surface area contributed by atoms with E-state index in [9.17, 15) is 19.5 Å². The lowest BCUT2D eigenvalue weighted by Gasteiger charge is -2.34. The number of likely N-dealkylation sites (tertiary alicyclic amines) is 1. The van der Waals surface area contributed by atoms with Gasteiger partial charge >= 0.3 is 12.0 Å². The van der Waals surface area contributed by atoms with Crippen molar-refractivity contribution in [2.24, 2.45) is 0 Å². The molecule has 4 rings (SSSR count). The number of piperidine rings is 1. The van der Waals surface area contributed by atoms with Gasteiger partial charge in [0.25, 0.3) is 0 Å². The molecule has 1 unspecified atom stereocenters. The van der Waals surface area contributed by atoms with Crippen molar-refractivity contribution in [1.29, 1.82) is 0 Å². The summed E-state index contributed by atoms with van der Waals surface area (Å²) >= 11 is 0. The van der Waals surface area contributed by atoms with Gasteiger partial charge in [0.15, 0.2) is 11.5 Å². The quantitative estimate of drug-likeness (QED) is 0.227. The number of ether oxygens (including phenoxy) is 3. The number of nitrogens with one attached hydrogen (secondary N) is 3. The molecule has 3 aromatic carbocycles. The zero-order chi connectivity index (χ0) is 31.5. The number of aromatic hydroxyl groups is 1. The summed E-state index contributed by atoms with van der Waals surface area (Å²) in [6.07, 6.45) is 1.96. The van der Waals surface area contributed by atoms with Gasteiger partial charge in [0.05, 0.1) is 26.4 Å². The van der Waals surface area contributed by atoms with E-state index in [0.717, 1.165) is 30.5 Å². The van der Waals surface area contributed by atoms with Crippen LogP contribution in [0.25, 0.3) is 0 Å². The minimum Gasteiger partial charge on any atom is -0.508 e. The van der Waals surface area contributed by atoms with E-state index in [-0.39, 0.29) is 30.7 Å². The number of benzene rings is 3. The molecule has 0 aromatic heterocycles. The highest BCUT2D eigenvalue weighted by molar-refractivity contribution is 5.95. The molecule has 1 fully saturated rings. The Kier molecular flexibility index (Phi) is 11.4. The van der Waals surface area contributed by atoms with Gasteiger partial charge in [-0.2, -0.15) is 0 Å². The average molecular weight is 605 g/mol. The number of nitrogens with zero attached hydrogens (tertiary/aromatic N) is 1. The monoisotopic (exact) mass is 604 g/mol. The van der Waals surface area contributed by atoms with Crippen molar-refractivity contribution in [3.05, 3.63) is 83.4 Å². The molecule has 1 aliphatic rings. The van der Waals surface area contributed by atoms with Gasteiger partial charge in [-0.3, -0.25) is 9.69 Å². The van der Waals surface area contributed by atoms with Crippen LogP contribution in [0.4, 0.5) is 10.5 Å². The maximum absolute atomic E-state index is 13.6. The number of phenols is 1. The number of esters is 1. The molecule has 1 saturated heterocycles. The van der Waals surface area contributed by atoms with Crippen LogP contribution in [-0.4, -0.2) is 73.9 Å². The molecule has 1 heterocycles. The van der Waals surface area contributed by atoms with Crippen LogP contribution in [0.15, 0.2) is 66.7 Å². The Balaban J connectivity index is 1.40. The summed E-state index contributed by atoms with van der Waals surface area (Å²) in [6, 6.07) is 17.1. The molecule has 11 heteroatoms. The van der Waals surface area contributed by atoms with E-state index in [1.165, 1.54) is 0 Å². The summed E-state index contributed by atoms with van der Waals surface area (Å²) in [5.74, 6) is 0.708. The van der Waals surface area contributed by atoms with Gasteiger partial charge in [-0.25, -0.2) is 9.59 Å². The van der Waals surface area contributed by atoms with Crippen molar-refractivity contribution >= 4 is 23.6 Å². The minimum atomic E-state index is -0.875. The largest absolute Gasteiger partial charge is 0.508 e. The maximum atomic E-state index is 13.6. The number of rotatable bonds is 12. The van der Waals surface area contributed by atoms with Gasteiger partial charge in [-0.05, 0) is 86.0 Å². The van der Waals surface area contributed by atoms with E-state index in [0.29, 0.717) is 35.8 Å². The van der Waals surface area contributed by atoms with Crippen LogP contribution >= 0.6 is 0 Å². The van der Waals surface area contributed by atoms with Crippen LogP contribution in [0.1, 0.15) is 41.3 Å². The molecule has 0 aliphatic carbocycles. The molecule has 0 radical (unpaired) electrons. The number of hydrogen-bond donors (Lipinski definition) is 4. The molecule has 3 amide bonds. The zero-order valence-electron chi connectivity index (χ0n) is 25.3. The van der Waals surface area contributed by atoms with Gasteiger partial charge in [-0.1, -0.05) is 18.2 Å². The highest BCUT2D eigenvalue weighted by atomic mass is 16.5. The van der Waals surface area contributed by atoms with Gasteiger partial charge in [0.2, 0.25) is 5.91 Å². The van der Waals surface area contributed by atoms with E-state index in [4.69, 9.17) is 14.2 Å². The van der Waals surface area contributed by atoms with E-state index >= 15 is 0 Å². The molecule has 1 aliphatic heterocycles. The molecule has 0 spiro atoms. The smallest absolute Gasteiger partial charge is 0.338 e. The molecular weight excluding hydrogens is 564 g/mol. The highest BCUT2D eigenvalue weighted by Gasteiger charge is 2.27. The zero-order valence-corrected chi connectivity index (χ0v) is 25.3. The first-order valence-corrected chi connectivity index (χ1v) is 14.6. The second-order valence-electron chi connectivity index (χ2n) is 10.6. The van der Waals surface area contributed by atoms with Crippen LogP contribution in [-0.2, 0) is 22.5 Å². The van der Waals surface area contributed by atoms with Gasteiger partial charge in [0.1, 0.15) is 11.8 Å². The predicted molar refractivity (Wildman–Crippen MR) is 166 cm³/mol. The summed E-state index contributed by atoms with van der Waals surface area (Å²) in [7, 11) is 3.21. The summed E-state index contributed by atoms with van der Waals surface area (Å²) < 4.78 is 15.8. The van der Waals surface area contributed by atoms with Crippen LogP contribution in [0.3, 0.4) is 0 Å². The second-order valence-corrected chi connectivity index (χ2v) is 10.6. The lowest BCUT2D eigenvalue weighted by molar-refractivity contribution is -0.124. The molecule has 234 valence electrons. The fourth-order valence-electron chi connectivity index (χ4n) is 5.16. The number of urea groups is 1. The first kappa shape index (κ1) is 32.2. The van der Waals surface area contributed by atoms with E-state index in [1.807, 2.05) is 18.2 Å². The van der Waals surface area contributed by atoms with E-state index in [2.05, 4.69) is 20.9 Å². The summed E-state index contributed by atoms with van der Waals surface area (Å²) in [5.41, 5.74) is 2.68. The standard InChI is InChI=1S/C33H40N4O7/c1-4-44-32(40)24-10-12-25(13-11-24)35-33(41)36-28(18-22-7-14-27(38)15-8-22)31(39)34-26-6-5-17-37(21-26)20-23-9-16-29(42-2)30(19-23)43-3/h7-16,19,26,28,38H,4-6,17-18,20-21H2,1-3H3,(H,34,39)(H2,35,36,41)/t26?,28-/m0/s1. The third-order valence-electron chi connectivity index (χ3n) is 7.36. The number of methoxy groups -OCH3 is 2. The normalized spacial score (nSPS) is 15.5. The Labute approximate surface area is 257 Å². The van der Waals surface area contributed by atoms with Gasteiger partial charge in [-0.15, -0.1) is 0 Å². The fourth-order valence-corrected chi connectivity index (χ4v) is 5.16. The first-order valence-electron chi connectivity index (χ1n) is 14.6. The van der Waals surface area contributed by atoms with Crippen molar-refractivity contribution in [1.82, 2.24) is 15.5 Å². The molecule has 44 heavy (non-hydrogen) atoms. The summed E-state index contributed by atoms with van der Waals surface area (Å²) in [6.45, 7) is 4.24. The van der Waals surface area contributed by atoms with Crippen molar-refractivity contribution in [3.63, 3.8) is 0 Å². The summed E-state index contributed by atoms with van der Waals surface area (Å²) in [5, 5.41) is 18.4. The maximum Gasteiger partial charge on any atom is 0.338 e. The fraction of sp³-hybridized carbons (Fsp3) is 0.364. The molecule has 0 saturated carbocycles. The summed E-state index contributed by atoms with van der Waals surface area (Å²) in [4.78, 5) is 40.8. The van der Waals surface area contributed by atoms with E-state index in [1.54, 1.807) is 69.7 Å². The van der Waals surface area contributed by atoms with Crippen LogP contribution < -0.4 is 25.4 Å². The third kappa shape index (κ3) is 9.11. The number of amides is 3. The number of anilines is 1. The molecule has 4 N–H and O–H groups in total. The third-order valence-corrected chi connectivity index (χ3v) is 7.36. The van der Waals surface area contributed by atoms with Crippen LogP contribution in [0, 0.1) is 0 Å². The Morgan fingerprint density at radius 1 is 0.955 bits per heavy atom. The Morgan fingerprint density at radius 2 is 1.66 bits per heavy atom. The SMILES string of the molecule is CCOC(=O)c1ccc(NC(=O)N[C@@H](Cc2ccc(O)cc2)C(=O)NC2CCCN(Cc3ccc(OC)c(OC)c3)C2)cc1. The lowest BCUT2D eigenvalue weighted by Crippen LogP contribution is -2.54. The number of carbonyl (C=O) groups excluding carboxylic acids is 3. The Hall–Kier alpha value is -4.77. The molecular formula is C33H40N4O7. The molecule has 3 aromatic rings. The topological polar surface area (TPSA) is 138 Å². The molecule has 0 bridgehead atoms. The molecule has 11 nitrogen and oxygen atoms in total. The minimum absolute atomic E-state index is 0.0982. The van der Waals surface area contributed by atoms with Crippen LogP contribution in [0.2, 0.25) is 0 Å². The molecule has 2 atom stereocenters. The van der Waals surface area contributed by atoms with Crippen molar-refractivity contribution in [2.75, 3.05) is 39.2 Å². The Bertz CT molecular complexity index is 1410. The van der Waals surface area contributed by atoms with E-state index < -0.39 is 18.0 Å². The number of phenolic OH excluding ortho intramolecular Hbond substituents is 1. The second kappa shape index (κ2) is 15.6. The first-order chi connectivity index (χ1) is 21.3. The van der Waals surface area contributed by atoms with Gasteiger partial charge < -0.3 is 35.3 Å². The number of hydrogen-bond acceptors (Lipinski definition) is 8. The van der Waals surface area contributed by atoms with Gasteiger partial charge in [0, 0.05) is 31.2 Å². The average Bonchev–Trinajstić information content (AvgIpc) is 3.02. The number of carbonyl (C=O) groups is 3. The highest BCUT2D eigenvalue weighted by Crippen LogP contribution is 2.28. The van der Waals surface area contributed by atoms with Crippen molar-refractivity contribution < 1.29 is 33.7 Å². The Morgan fingerprint density at radius 3 is 2.34 bits per heavy atom. The van der Waals surface area contributed by atoms with Crippen molar-refractivity contribution in [2.45, 2.75) is 44.8 Å².